The third kappa shape index (κ3) is 1.51. The second kappa shape index (κ2) is 1.82. The van der Waals surface area contributed by atoms with Crippen LogP contribution in [0.25, 0.3) is 0 Å². The topological polar surface area (TPSA) is 72.5 Å². The molecule has 1 unspecified atom stereocenters. The summed E-state index contributed by atoms with van der Waals surface area (Å²) in [5, 5.41) is 8.83. The Hall–Kier alpha value is -0.870. The van der Waals surface area contributed by atoms with Gasteiger partial charge in [0.2, 0.25) is 0 Å². The van der Waals surface area contributed by atoms with E-state index < -0.39 is 5.91 Å². The first kappa shape index (κ1) is 6.25. The molecule has 0 bridgehead atoms. The molecule has 0 aromatic rings. The summed E-state index contributed by atoms with van der Waals surface area (Å²) in [6.07, 6.45) is 2.14. The average molecular weight is 129 g/mol. The van der Waals surface area contributed by atoms with E-state index in [4.69, 9.17) is 10.8 Å². The van der Waals surface area contributed by atoms with Gasteiger partial charge in [-0.05, 0) is 0 Å². The number of carbonyl (C=O) groups excluding carboxylic acids is 1. The summed E-state index contributed by atoms with van der Waals surface area (Å²) in [4.78, 5) is 10.5. The van der Waals surface area contributed by atoms with E-state index in [1.54, 1.807) is 0 Å². The van der Waals surface area contributed by atoms with Crippen LogP contribution >= 0.6 is 0 Å². The molecule has 0 amide bonds. The number of allylic oxidation sites excluding steroid dienone is 1. The maximum absolute atomic E-state index is 10.5. The second-order valence-corrected chi connectivity index (χ2v) is 1.91. The van der Waals surface area contributed by atoms with Gasteiger partial charge in [-0.3, -0.25) is 10.5 Å². The van der Waals surface area contributed by atoms with E-state index in [1.807, 2.05) is 0 Å². The molecule has 4 heteroatoms. The van der Waals surface area contributed by atoms with Crippen LogP contribution in [-0.4, -0.2) is 16.8 Å². The van der Waals surface area contributed by atoms with E-state index in [-0.39, 0.29) is 12.2 Å². The fourth-order valence-corrected chi connectivity index (χ4v) is 0.578. The van der Waals surface area contributed by atoms with Crippen LogP contribution in [0.3, 0.4) is 0 Å². The van der Waals surface area contributed by atoms with Crippen LogP contribution in [0.15, 0.2) is 12.3 Å². The van der Waals surface area contributed by atoms with Gasteiger partial charge in [-0.1, -0.05) is 0 Å². The number of carbonyl (C=O) groups is 1. The van der Waals surface area contributed by atoms with Crippen molar-refractivity contribution in [1.29, 1.82) is 0 Å². The van der Waals surface area contributed by atoms with E-state index in [1.165, 1.54) is 6.08 Å². The number of nitrogens with two attached hydrogens (primary N) is 1. The molecule has 0 aliphatic carbocycles. The Morgan fingerprint density at radius 1 is 1.89 bits per heavy atom. The lowest BCUT2D eigenvalue weighted by molar-refractivity contribution is -0.175. The standard InChI is InChI=1S/C5H7NO3/c6-5(8)3-4(7)1-2-9-5/h1-2,8H,3,6H2. The predicted molar refractivity (Wildman–Crippen MR) is 29.0 cm³/mol. The molecule has 1 heterocycles. The lowest BCUT2D eigenvalue weighted by Gasteiger charge is -2.23. The van der Waals surface area contributed by atoms with Gasteiger partial charge in [0, 0.05) is 6.08 Å². The number of aliphatic hydroxyl groups is 1. The van der Waals surface area contributed by atoms with Crippen molar-refractivity contribution < 1.29 is 14.6 Å². The average Bonchev–Trinajstić information content (AvgIpc) is 1.60. The maximum Gasteiger partial charge on any atom is 0.272 e. The SMILES string of the molecule is NC1(O)CC(=O)C=CO1. The smallest absolute Gasteiger partial charge is 0.272 e. The third-order valence-corrected chi connectivity index (χ3v) is 0.954. The molecule has 0 aromatic heterocycles. The Morgan fingerprint density at radius 3 is 2.89 bits per heavy atom. The first-order valence-corrected chi connectivity index (χ1v) is 2.49. The lowest BCUT2D eigenvalue weighted by atomic mass is 10.2. The molecule has 0 aromatic carbocycles. The highest BCUT2D eigenvalue weighted by molar-refractivity contribution is 5.90. The first-order chi connectivity index (χ1) is 4.10. The molecule has 0 radical (unpaired) electrons. The van der Waals surface area contributed by atoms with Crippen molar-refractivity contribution in [2.24, 2.45) is 5.73 Å². The Kier molecular flexibility index (Phi) is 1.27. The Balaban J connectivity index is 2.68. The highest BCUT2D eigenvalue weighted by atomic mass is 16.6. The molecule has 50 valence electrons. The van der Waals surface area contributed by atoms with Crippen LogP contribution in [0.5, 0.6) is 0 Å². The van der Waals surface area contributed by atoms with Crippen molar-refractivity contribution in [2.45, 2.75) is 12.3 Å². The molecule has 1 atom stereocenters. The van der Waals surface area contributed by atoms with Gasteiger partial charge < -0.3 is 9.84 Å². The van der Waals surface area contributed by atoms with Gasteiger partial charge in [-0.25, -0.2) is 0 Å². The van der Waals surface area contributed by atoms with Gasteiger partial charge in [0.1, 0.15) is 0 Å². The van der Waals surface area contributed by atoms with E-state index in [2.05, 4.69) is 4.74 Å². The van der Waals surface area contributed by atoms with Gasteiger partial charge in [-0.2, -0.15) is 0 Å². The molecule has 4 nitrogen and oxygen atoms in total. The van der Waals surface area contributed by atoms with Crippen molar-refractivity contribution >= 4 is 5.78 Å². The van der Waals surface area contributed by atoms with Crippen LogP contribution in [0.2, 0.25) is 0 Å². The number of rotatable bonds is 0. The van der Waals surface area contributed by atoms with Crippen molar-refractivity contribution in [2.75, 3.05) is 0 Å². The third-order valence-electron chi connectivity index (χ3n) is 0.954. The minimum atomic E-state index is -1.79. The van der Waals surface area contributed by atoms with Crippen molar-refractivity contribution in [3.8, 4) is 0 Å². The summed E-state index contributed by atoms with van der Waals surface area (Å²) < 4.78 is 4.47. The monoisotopic (exact) mass is 129 g/mol. The molecular weight excluding hydrogens is 122 g/mol. The van der Waals surface area contributed by atoms with Crippen LogP contribution in [0.4, 0.5) is 0 Å². The highest BCUT2D eigenvalue weighted by Crippen LogP contribution is 2.10. The van der Waals surface area contributed by atoms with E-state index in [0.717, 1.165) is 6.26 Å². The van der Waals surface area contributed by atoms with E-state index in [0.29, 0.717) is 0 Å². The molecule has 1 aliphatic heterocycles. The molecule has 0 saturated heterocycles. The van der Waals surface area contributed by atoms with Crippen molar-refractivity contribution in [3.63, 3.8) is 0 Å². The minimum Gasteiger partial charge on any atom is -0.456 e. The number of ketones is 1. The quantitative estimate of drug-likeness (QED) is 0.415. The molecule has 3 N–H and O–H groups in total. The number of ether oxygens (including phenoxy) is 1. The van der Waals surface area contributed by atoms with E-state index in [9.17, 15) is 4.79 Å². The lowest BCUT2D eigenvalue weighted by Crippen LogP contribution is -2.44. The Labute approximate surface area is 51.9 Å². The molecule has 0 saturated carbocycles. The summed E-state index contributed by atoms with van der Waals surface area (Å²) in [5.74, 6) is -2.02. The van der Waals surface area contributed by atoms with Crippen LogP contribution in [0.1, 0.15) is 6.42 Å². The van der Waals surface area contributed by atoms with E-state index >= 15 is 0 Å². The van der Waals surface area contributed by atoms with Gasteiger partial charge >= 0.3 is 0 Å². The molecule has 9 heavy (non-hydrogen) atoms. The summed E-state index contributed by atoms with van der Waals surface area (Å²) in [5.41, 5.74) is 5.03. The zero-order valence-electron chi connectivity index (χ0n) is 4.70. The Morgan fingerprint density at radius 2 is 2.56 bits per heavy atom. The van der Waals surface area contributed by atoms with Crippen LogP contribution < -0.4 is 5.73 Å². The number of hydrogen-bond acceptors (Lipinski definition) is 4. The molecule has 1 rings (SSSR count). The summed E-state index contributed by atoms with van der Waals surface area (Å²) in [6, 6.07) is 0. The molecule has 0 spiro atoms. The summed E-state index contributed by atoms with van der Waals surface area (Å²) in [6.45, 7) is 0. The normalized spacial score (nSPS) is 34.2. The van der Waals surface area contributed by atoms with Gasteiger partial charge in [0.05, 0.1) is 12.7 Å². The number of hydrogen-bond donors (Lipinski definition) is 2. The maximum atomic E-state index is 10.5. The summed E-state index contributed by atoms with van der Waals surface area (Å²) >= 11 is 0. The van der Waals surface area contributed by atoms with Crippen molar-refractivity contribution in [3.05, 3.63) is 12.3 Å². The molecule has 0 fully saturated rings. The van der Waals surface area contributed by atoms with Gasteiger partial charge in [0.25, 0.3) is 5.91 Å². The van der Waals surface area contributed by atoms with Crippen LogP contribution in [-0.2, 0) is 9.53 Å². The zero-order valence-corrected chi connectivity index (χ0v) is 4.70. The minimum absolute atomic E-state index is 0.177. The Bertz CT molecular complexity index is 162. The largest absolute Gasteiger partial charge is 0.456 e. The zero-order chi connectivity index (χ0) is 6.91. The molecular formula is C5H7NO3. The van der Waals surface area contributed by atoms with Crippen LogP contribution in [0, 0.1) is 0 Å². The first-order valence-electron chi connectivity index (χ1n) is 2.49. The fraction of sp³-hybridized carbons (Fsp3) is 0.400. The predicted octanol–water partition coefficient (Wildman–Crippen LogP) is -0.906. The highest BCUT2D eigenvalue weighted by Gasteiger charge is 2.27. The second-order valence-electron chi connectivity index (χ2n) is 1.91. The van der Waals surface area contributed by atoms with Gasteiger partial charge in [0.15, 0.2) is 5.78 Å². The van der Waals surface area contributed by atoms with Crippen molar-refractivity contribution in [1.82, 2.24) is 0 Å². The fourth-order valence-electron chi connectivity index (χ4n) is 0.578. The van der Waals surface area contributed by atoms with Gasteiger partial charge in [-0.15, -0.1) is 0 Å². The summed E-state index contributed by atoms with van der Waals surface area (Å²) in [7, 11) is 0. The molecule has 1 aliphatic rings.